The molecular weight excluding hydrogens is 431 g/mol. The van der Waals surface area contributed by atoms with Gasteiger partial charge in [-0.2, -0.15) is 4.91 Å². The van der Waals surface area contributed by atoms with Crippen LogP contribution in [0.4, 0.5) is 4.39 Å². The quantitative estimate of drug-likeness (QED) is 0.383. The number of pyridine rings is 1. The Balaban J connectivity index is 2.03. The number of rotatable bonds is 6. The van der Waals surface area contributed by atoms with Crippen LogP contribution in [0, 0.1) is 17.6 Å². The van der Waals surface area contributed by atoms with Gasteiger partial charge in [-0.15, -0.1) is 0 Å². The summed E-state index contributed by atoms with van der Waals surface area (Å²) in [6.45, 7) is 1.86. The molecule has 0 N–H and O–H groups in total. The zero-order chi connectivity index (χ0) is 19.4. The molecule has 6 heteroatoms. The van der Waals surface area contributed by atoms with Crippen LogP contribution in [0.25, 0.3) is 0 Å². The van der Waals surface area contributed by atoms with Gasteiger partial charge in [0.15, 0.2) is 0 Å². The fourth-order valence-electron chi connectivity index (χ4n) is 3.16. The molecule has 0 saturated heterocycles. The maximum atomic E-state index is 14.7. The Morgan fingerprint density at radius 1 is 1.11 bits per heavy atom. The minimum absolute atomic E-state index is 0.334. The Morgan fingerprint density at radius 3 is 2.48 bits per heavy atom. The van der Waals surface area contributed by atoms with Gasteiger partial charge in [0, 0.05) is 27.3 Å². The molecule has 1 heterocycles. The highest BCUT2D eigenvalue weighted by atomic mass is 79.9. The van der Waals surface area contributed by atoms with Gasteiger partial charge in [-0.25, -0.2) is 4.39 Å². The Morgan fingerprint density at radius 2 is 1.85 bits per heavy atom. The van der Waals surface area contributed by atoms with Crippen LogP contribution >= 0.6 is 27.5 Å². The molecule has 0 bridgehead atoms. The zero-order valence-corrected chi connectivity index (χ0v) is 16.9. The molecule has 3 aromatic rings. The van der Waals surface area contributed by atoms with Crippen LogP contribution < -0.4 is 0 Å². The Bertz CT molecular complexity index is 949. The summed E-state index contributed by atoms with van der Waals surface area (Å²) in [6.07, 6.45) is 1.99. The number of hydrogen-bond donors (Lipinski definition) is 0. The average Bonchev–Trinajstić information content (AvgIpc) is 2.64. The second kappa shape index (κ2) is 8.72. The van der Waals surface area contributed by atoms with Gasteiger partial charge in [-0.05, 0) is 66.4 Å². The van der Waals surface area contributed by atoms with Crippen LogP contribution in [-0.2, 0) is 0 Å². The van der Waals surface area contributed by atoms with E-state index in [4.69, 9.17) is 11.6 Å². The average molecular weight is 448 g/mol. The first-order chi connectivity index (χ1) is 13.0. The number of nitrogens with zero attached hydrogens (tertiary/aromatic N) is 2. The summed E-state index contributed by atoms with van der Waals surface area (Å²) in [7, 11) is 0. The smallest absolute Gasteiger partial charge is 0.128 e. The van der Waals surface area contributed by atoms with Gasteiger partial charge in [0.1, 0.15) is 11.9 Å². The van der Waals surface area contributed by atoms with Gasteiger partial charge >= 0.3 is 0 Å². The summed E-state index contributed by atoms with van der Waals surface area (Å²) in [5.74, 6) is -0.738. The summed E-state index contributed by atoms with van der Waals surface area (Å²) in [6, 6.07) is 15.3. The van der Waals surface area contributed by atoms with Crippen LogP contribution in [0.5, 0.6) is 0 Å². The Hall–Kier alpha value is -2.11. The molecule has 0 radical (unpaired) electrons. The lowest BCUT2D eigenvalue weighted by atomic mass is 9.84. The Kier molecular flexibility index (Phi) is 6.34. The van der Waals surface area contributed by atoms with Gasteiger partial charge in [0.25, 0.3) is 0 Å². The summed E-state index contributed by atoms with van der Waals surface area (Å²) in [5, 5.41) is 3.65. The third-order valence-corrected chi connectivity index (χ3v) is 5.27. The second-order valence-corrected chi connectivity index (χ2v) is 7.71. The number of aryl methyl sites for hydroxylation is 1. The largest absolute Gasteiger partial charge is 0.262 e. The van der Waals surface area contributed by atoms with E-state index in [9.17, 15) is 9.30 Å². The van der Waals surface area contributed by atoms with Crippen LogP contribution in [0.2, 0.25) is 5.02 Å². The number of aromatic nitrogens is 1. The van der Waals surface area contributed by atoms with Crippen molar-refractivity contribution in [2.75, 3.05) is 0 Å². The lowest BCUT2D eigenvalue weighted by Crippen LogP contribution is -2.09. The maximum Gasteiger partial charge on any atom is 0.128 e. The fraction of sp³-hybridized carbons (Fsp3) is 0.190. The van der Waals surface area contributed by atoms with Gasteiger partial charge in [-0.3, -0.25) is 4.98 Å². The SMILES string of the molecule is Cc1cc(C(CC(c2ccc(Br)cc2)c2ccc(Cl)cc2F)N=O)ccn1. The van der Waals surface area contributed by atoms with E-state index in [1.807, 2.05) is 37.3 Å². The van der Waals surface area contributed by atoms with Gasteiger partial charge < -0.3 is 0 Å². The molecule has 2 atom stereocenters. The minimum atomic E-state index is -0.615. The van der Waals surface area contributed by atoms with Crippen molar-refractivity contribution in [2.45, 2.75) is 25.3 Å². The monoisotopic (exact) mass is 446 g/mol. The first-order valence-corrected chi connectivity index (χ1v) is 9.60. The number of benzene rings is 2. The summed E-state index contributed by atoms with van der Waals surface area (Å²) in [5.41, 5.74) is 2.97. The highest BCUT2D eigenvalue weighted by molar-refractivity contribution is 9.10. The third kappa shape index (κ3) is 4.79. The van der Waals surface area contributed by atoms with Gasteiger partial charge in [0.2, 0.25) is 0 Å². The predicted molar refractivity (Wildman–Crippen MR) is 110 cm³/mol. The molecule has 0 aliphatic carbocycles. The standard InChI is InChI=1S/C21H17BrClFN2O/c1-13-10-15(8-9-25-13)21(26-27)12-19(14-2-4-16(22)5-3-14)18-7-6-17(23)11-20(18)24/h2-11,19,21H,12H2,1H3. The highest BCUT2D eigenvalue weighted by Gasteiger charge is 2.24. The molecule has 3 nitrogen and oxygen atoms in total. The fourth-order valence-corrected chi connectivity index (χ4v) is 3.58. The van der Waals surface area contributed by atoms with E-state index in [2.05, 4.69) is 26.1 Å². The van der Waals surface area contributed by atoms with E-state index >= 15 is 0 Å². The first-order valence-electron chi connectivity index (χ1n) is 8.43. The molecule has 0 spiro atoms. The predicted octanol–water partition coefficient (Wildman–Crippen LogP) is 6.97. The van der Waals surface area contributed by atoms with Crippen molar-refractivity contribution in [1.82, 2.24) is 4.98 Å². The van der Waals surface area contributed by atoms with E-state index in [1.54, 1.807) is 24.4 Å². The molecule has 0 fully saturated rings. The van der Waals surface area contributed by atoms with E-state index in [0.29, 0.717) is 17.0 Å². The molecule has 3 rings (SSSR count). The van der Waals surface area contributed by atoms with E-state index in [1.165, 1.54) is 6.07 Å². The molecule has 2 aromatic carbocycles. The molecule has 0 aliphatic heterocycles. The third-order valence-electron chi connectivity index (χ3n) is 4.50. The molecular formula is C21H17BrClFN2O. The second-order valence-electron chi connectivity index (χ2n) is 6.36. The van der Waals surface area contributed by atoms with Crippen molar-refractivity contribution in [3.8, 4) is 0 Å². The van der Waals surface area contributed by atoms with E-state index < -0.39 is 11.9 Å². The maximum absolute atomic E-state index is 14.7. The van der Waals surface area contributed by atoms with Crippen molar-refractivity contribution in [3.63, 3.8) is 0 Å². The summed E-state index contributed by atoms with van der Waals surface area (Å²) >= 11 is 9.33. The minimum Gasteiger partial charge on any atom is -0.262 e. The summed E-state index contributed by atoms with van der Waals surface area (Å²) in [4.78, 5) is 15.8. The Labute approximate surface area is 170 Å². The van der Waals surface area contributed by atoms with Crippen molar-refractivity contribution >= 4 is 27.5 Å². The molecule has 0 saturated carbocycles. The molecule has 1 aromatic heterocycles. The number of hydrogen-bond acceptors (Lipinski definition) is 3. The van der Waals surface area contributed by atoms with Crippen LogP contribution in [0.1, 0.15) is 40.8 Å². The van der Waals surface area contributed by atoms with Crippen molar-refractivity contribution in [2.24, 2.45) is 5.18 Å². The highest BCUT2D eigenvalue weighted by Crippen LogP contribution is 2.37. The molecule has 138 valence electrons. The lowest BCUT2D eigenvalue weighted by molar-refractivity contribution is 0.551. The topological polar surface area (TPSA) is 42.3 Å². The van der Waals surface area contributed by atoms with E-state index in [0.717, 1.165) is 21.3 Å². The van der Waals surface area contributed by atoms with E-state index in [-0.39, 0.29) is 5.92 Å². The lowest BCUT2D eigenvalue weighted by Gasteiger charge is -2.22. The van der Waals surface area contributed by atoms with Crippen LogP contribution in [0.3, 0.4) is 0 Å². The summed E-state index contributed by atoms with van der Waals surface area (Å²) < 4.78 is 15.6. The van der Waals surface area contributed by atoms with Crippen LogP contribution in [0.15, 0.2) is 70.4 Å². The first kappa shape index (κ1) is 19.6. The normalized spacial score (nSPS) is 13.2. The molecule has 0 aliphatic rings. The van der Waals surface area contributed by atoms with Gasteiger partial charge in [0.05, 0.1) is 0 Å². The molecule has 27 heavy (non-hydrogen) atoms. The molecule has 0 amide bonds. The molecule has 2 unspecified atom stereocenters. The zero-order valence-electron chi connectivity index (χ0n) is 14.6. The van der Waals surface area contributed by atoms with Crippen LogP contribution in [-0.4, -0.2) is 4.98 Å². The van der Waals surface area contributed by atoms with Crippen molar-refractivity contribution in [1.29, 1.82) is 0 Å². The van der Waals surface area contributed by atoms with Crippen molar-refractivity contribution in [3.05, 3.63) is 103 Å². The van der Waals surface area contributed by atoms with Crippen molar-refractivity contribution < 1.29 is 4.39 Å². The van der Waals surface area contributed by atoms with Gasteiger partial charge in [-0.1, -0.05) is 50.9 Å². The number of nitroso groups, excluding NO2 is 1. The number of halogens is 3.